The molecular formula is C10H11NO2S2. The van der Waals surface area contributed by atoms with Crippen LogP contribution in [-0.2, 0) is 0 Å². The molecular weight excluding hydrogens is 230 g/mol. The third kappa shape index (κ3) is 2.66. The van der Waals surface area contributed by atoms with E-state index in [-0.39, 0.29) is 10.6 Å². The second-order valence-corrected chi connectivity index (χ2v) is 6.00. The van der Waals surface area contributed by atoms with Crippen LogP contribution in [0.5, 0.6) is 0 Å². The van der Waals surface area contributed by atoms with Crippen molar-refractivity contribution < 1.29 is 4.92 Å². The van der Waals surface area contributed by atoms with Gasteiger partial charge in [0.2, 0.25) is 0 Å². The molecule has 0 aromatic heterocycles. The van der Waals surface area contributed by atoms with E-state index in [1.807, 2.05) is 29.6 Å². The summed E-state index contributed by atoms with van der Waals surface area (Å²) in [7, 11) is 0. The lowest BCUT2D eigenvalue weighted by Gasteiger charge is -2.20. The van der Waals surface area contributed by atoms with E-state index in [0.717, 1.165) is 17.1 Å². The molecule has 0 aliphatic carbocycles. The minimum absolute atomic E-state index is 0.194. The van der Waals surface area contributed by atoms with Crippen LogP contribution < -0.4 is 0 Å². The molecule has 3 nitrogen and oxygen atoms in total. The van der Waals surface area contributed by atoms with Crippen molar-refractivity contribution in [3.05, 3.63) is 39.9 Å². The number of nitro benzene ring substituents is 1. The third-order valence-corrected chi connectivity index (χ3v) is 5.20. The highest BCUT2D eigenvalue weighted by molar-refractivity contribution is 8.16. The first-order valence-corrected chi connectivity index (χ1v) is 6.85. The quantitative estimate of drug-likeness (QED) is 0.587. The molecule has 1 aliphatic heterocycles. The van der Waals surface area contributed by atoms with E-state index in [1.54, 1.807) is 18.2 Å². The van der Waals surface area contributed by atoms with Gasteiger partial charge in [-0.1, -0.05) is 12.1 Å². The van der Waals surface area contributed by atoms with Crippen LogP contribution >= 0.6 is 23.5 Å². The Morgan fingerprint density at radius 2 is 2.07 bits per heavy atom. The number of benzene rings is 1. The van der Waals surface area contributed by atoms with Crippen LogP contribution in [0.1, 0.15) is 16.6 Å². The molecule has 1 heterocycles. The number of non-ortho nitro benzene ring substituents is 1. The molecule has 0 radical (unpaired) electrons. The van der Waals surface area contributed by atoms with Gasteiger partial charge in [-0.25, -0.2) is 0 Å². The van der Waals surface area contributed by atoms with Crippen LogP contribution in [0.4, 0.5) is 5.69 Å². The smallest absolute Gasteiger partial charge is 0.258 e. The first-order chi connectivity index (χ1) is 7.27. The summed E-state index contributed by atoms with van der Waals surface area (Å²) in [6.45, 7) is 0. The molecule has 15 heavy (non-hydrogen) atoms. The van der Waals surface area contributed by atoms with E-state index in [9.17, 15) is 10.1 Å². The molecule has 0 atom stereocenters. The summed E-state index contributed by atoms with van der Waals surface area (Å²) in [5.41, 5.74) is 1.26. The van der Waals surface area contributed by atoms with Crippen molar-refractivity contribution in [1.82, 2.24) is 0 Å². The van der Waals surface area contributed by atoms with Crippen molar-refractivity contribution in [3.63, 3.8) is 0 Å². The van der Waals surface area contributed by atoms with E-state index in [2.05, 4.69) is 0 Å². The van der Waals surface area contributed by atoms with Gasteiger partial charge >= 0.3 is 0 Å². The van der Waals surface area contributed by atoms with Gasteiger partial charge in [-0.05, 0) is 23.5 Å². The van der Waals surface area contributed by atoms with Crippen molar-refractivity contribution in [2.45, 2.75) is 11.0 Å². The van der Waals surface area contributed by atoms with Gasteiger partial charge in [-0.2, -0.15) is 0 Å². The van der Waals surface area contributed by atoms with Crippen LogP contribution in [0, 0.1) is 10.1 Å². The maximum Gasteiger partial charge on any atom is 0.269 e. The zero-order chi connectivity index (χ0) is 10.7. The van der Waals surface area contributed by atoms with Crippen molar-refractivity contribution in [3.8, 4) is 0 Å². The summed E-state index contributed by atoms with van der Waals surface area (Å²) in [5, 5.41) is 10.6. The molecule has 0 amide bonds. The fraction of sp³-hybridized carbons (Fsp3) is 0.400. The van der Waals surface area contributed by atoms with Crippen LogP contribution in [-0.4, -0.2) is 16.4 Å². The Morgan fingerprint density at radius 1 is 1.33 bits per heavy atom. The van der Waals surface area contributed by atoms with Gasteiger partial charge in [0.15, 0.2) is 0 Å². The molecule has 0 N–H and O–H groups in total. The Kier molecular flexibility index (Phi) is 3.53. The maximum atomic E-state index is 10.6. The van der Waals surface area contributed by atoms with Gasteiger partial charge in [0.25, 0.3) is 5.69 Å². The van der Waals surface area contributed by atoms with E-state index in [1.165, 1.54) is 6.42 Å². The number of hydrogen-bond acceptors (Lipinski definition) is 4. The van der Waals surface area contributed by atoms with E-state index in [0.29, 0.717) is 4.58 Å². The Bertz CT molecular complexity index is 364. The van der Waals surface area contributed by atoms with Gasteiger partial charge in [-0.3, -0.25) is 10.1 Å². The summed E-state index contributed by atoms with van der Waals surface area (Å²) in [6.07, 6.45) is 1.24. The first-order valence-electron chi connectivity index (χ1n) is 4.75. The van der Waals surface area contributed by atoms with Crippen molar-refractivity contribution in [1.29, 1.82) is 0 Å². The normalized spacial score (nSPS) is 17.6. The Morgan fingerprint density at radius 3 is 2.73 bits per heavy atom. The molecule has 80 valence electrons. The average molecular weight is 241 g/mol. The lowest BCUT2D eigenvalue weighted by atomic mass is 10.2. The molecule has 0 saturated carbocycles. The minimum atomic E-state index is -0.332. The highest BCUT2D eigenvalue weighted by atomic mass is 32.2. The number of nitrogens with zero attached hydrogens (tertiary/aromatic N) is 1. The van der Waals surface area contributed by atoms with Gasteiger partial charge in [0, 0.05) is 12.1 Å². The predicted octanol–water partition coefficient (Wildman–Crippen LogP) is 3.46. The monoisotopic (exact) mass is 241 g/mol. The summed E-state index contributed by atoms with van der Waals surface area (Å²) < 4.78 is 0.374. The molecule has 1 aromatic rings. The summed E-state index contributed by atoms with van der Waals surface area (Å²) in [6, 6.07) is 6.98. The van der Waals surface area contributed by atoms with Gasteiger partial charge in [-0.15, -0.1) is 23.5 Å². The molecule has 1 aromatic carbocycles. The average Bonchev–Trinajstić information content (AvgIpc) is 2.30. The van der Waals surface area contributed by atoms with Crippen LogP contribution in [0.25, 0.3) is 0 Å². The van der Waals surface area contributed by atoms with E-state index < -0.39 is 0 Å². The van der Waals surface area contributed by atoms with Crippen molar-refractivity contribution in [2.24, 2.45) is 0 Å². The second-order valence-electron chi connectivity index (χ2n) is 3.28. The van der Waals surface area contributed by atoms with Crippen molar-refractivity contribution in [2.75, 3.05) is 11.5 Å². The largest absolute Gasteiger partial charge is 0.269 e. The number of hydrogen-bond donors (Lipinski definition) is 0. The highest BCUT2D eigenvalue weighted by Crippen LogP contribution is 2.44. The zero-order valence-corrected chi connectivity index (χ0v) is 9.72. The number of rotatable bonds is 2. The Labute approximate surface area is 96.8 Å². The molecule has 0 bridgehead atoms. The molecule has 1 saturated heterocycles. The molecule has 0 spiro atoms. The van der Waals surface area contributed by atoms with Crippen LogP contribution in [0.2, 0.25) is 0 Å². The molecule has 5 heteroatoms. The summed E-state index contributed by atoms with van der Waals surface area (Å²) in [4.78, 5) is 10.3. The summed E-state index contributed by atoms with van der Waals surface area (Å²) in [5.74, 6) is 2.31. The van der Waals surface area contributed by atoms with Gasteiger partial charge < -0.3 is 0 Å². The fourth-order valence-electron chi connectivity index (χ4n) is 1.47. The molecule has 1 fully saturated rings. The molecule has 0 unspecified atom stereocenters. The molecule has 2 rings (SSSR count). The maximum absolute atomic E-state index is 10.6. The lowest BCUT2D eigenvalue weighted by molar-refractivity contribution is -0.384. The summed E-state index contributed by atoms with van der Waals surface area (Å²) >= 11 is 3.75. The second kappa shape index (κ2) is 4.90. The zero-order valence-electron chi connectivity index (χ0n) is 8.09. The van der Waals surface area contributed by atoms with Crippen LogP contribution in [0.15, 0.2) is 24.3 Å². The highest BCUT2D eigenvalue weighted by Gasteiger charge is 2.18. The van der Waals surface area contributed by atoms with E-state index in [4.69, 9.17) is 0 Å². The Balaban J connectivity index is 2.19. The van der Waals surface area contributed by atoms with Crippen molar-refractivity contribution >= 4 is 29.2 Å². The first kappa shape index (κ1) is 10.8. The van der Waals surface area contributed by atoms with Crippen LogP contribution in [0.3, 0.4) is 0 Å². The molecule has 1 aliphatic rings. The topological polar surface area (TPSA) is 43.1 Å². The lowest BCUT2D eigenvalue weighted by Crippen LogP contribution is -2.00. The standard InChI is InChI=1S/C10H11NO2S2/c12-11(13)9-4-1-3-8(7-9)10-14-5-2-6-15-10/h1,3-4,7,10H,2,5-6H2. The predicted molar refractivity (Wildman–Crippen MR) is 65.4 cm³/mol. The minimum Gasteiger partial charge on any atom is -0.258 e. The fourth-order valence-corrected chi connectivity index (χ4v) is 4.34. The van der Waals surface area contributed by atoms with Gasteiger partial charge in [0.05, 0.1) is 9.51 Å². The number of nitro groups is 1. The van der Waals surface area contributed by atoms with E-state index >= 15 is 0 Å². The Hall–Kier alpha value is -0.680. The van der Waals surface area contributed by atoms with Gasteiger partial charge in [0.1, 0.15) is 0 Å². The third-order valence-electron chi connectivity index (χ3n) is 2.18. The SMILES string of the molecule is O=[N+]([O-])c1cccc(C2SCCCS2)c1. The number of thioether (sulfide) groups is 2.